The van der Waals surface area contributed by atoms with Crippen LogP contribution in [0.25, 0.3) is 0 Å². The smallest absolute Gasteiger partial charge is 0.249 e. The Morgan fingerprint density at radius 1 is 1.41 bits per heavy atom. The van der Waals surface area contributed by atoms with Crippen LogP contribution in [0.2, 0.25) is 10.0 Å². The number of amides is 2. The molecule has 0 saturated carbocycles. The highest BCUT2D eigenvalue weighted by molar-refractivity contribution is 6.36. The average molecular weight is 339 g/mol. The fourth-order valence-corrected chi connectivity index (χ4v) is 2.77. The quantitative estimate of drug-likeness (QED) is 0.883. The normalized spacial score (nSPS) is 16.9. The van der Waals surface area contributed by atoms with E-state index in [0.29, 0.717) is 21.6 Å². The van der Waals surface area contributed by atoms with Crippen molar-refractivity contribution < 1.29 is 9.59 Å². The lowest BCUT2D eigenvalue weighted by atomic mass is 10.1. The summed E-state index contributed by atoms with van der Waals surface area (Å²) in [6.07, 6.45) is 0.0190. The van der Waals surface area contributed by atoms with E-state index in [-0.39, 0.29) is 18.2 Å². The highest BCUT2D eigenvalue weighted by Crippen LogP contribution is 2.29. The number of rotatable bonds is 2. The maximum atomic E-state index is 12.5. The molecule has 0 unspecified atom stereocenters. The second-order valence-corrected chi connectivity index (χ2v) is 5.84. The van der Waals surface area contributed by atoms with Crippen molar-refractivity contribution in [2.75, 3.05) is 10.6 Å². The lowest BCUT2D eigenvalue weighted by molar-refractivity contribution is -0.125. The van der Waals surface area contributed by atoms with Crippen LogP contribution in [0.15, 0.2) is 24.3 Å². The van der Waals surface area contributed by atoms with Crippen molar-refractivity contribution in [3.05, 3.63) is 40.0 Å². The molecule has 0 bridgehead atoms. The number of nitrogens with one attached hydrogen (secondary N) is 2. The number of halogens is 2. The second-order valence-electron chi connectivity index (χ2n) is 5.00. The maximum Gasteiger partial charge on any atom is 0.249 e. The van der Waals surface area contributed by atoms with Gasteiger partial charge in [-0.15, -0.1) is 0 Å². The van der Waals surface area contributed by atoms with Crippen LogP contribution in [-0.4, -0.2) is 21.6 Å². The summed E-state index contributed by atoms with van der Waals surface area (Å²) in [5, 5.41) is 10.5. The number of carbonyl (C=O) groups excluding carboxylic acids is 2. The molecule has 8 heteroatoms. The van der Waals surface area contributed by atoms with Crippen molar-refractivity contribution in [3.8, 4) is 0 Å². The van der Waals surface area contributed by atoms with Gasteiger partial charge in [0.15, 0.2) is 0 Å². The van der Waals surface area contributed by atoms with Crippen LogP contribution in [0.4, 0.5) is 11.5 Å². The van der Waals surface area contributed by atoms with Crippen LogP contribution in [0, 0.1) is 6.92 Å². The summed E-state index contributed by atoms with van der Waals surface area (Å²) in [6.45, 7) is 1.79. The number of hydrogen-bond donors (Lipinski definition) is 2. The Balaban J connectivity index is 1.87. The molecule has 2 amide bonds. The Morgan fingerprint density at radius 2 is 2.18 bits per heavy atom. The molecule has 1 aliphatic rings. The molecule has 0 spiro atoms. The van der Waals surface area contributed by atoms with E-state index in [1.54, 1.807) is 25.1 Å². The summed E-state index contributed by atoms with van der Waals surface area (Å²) in [5.41, 5.74) is 1.16. The average Bonchev–Trinajstić information content (AvgIpc) is 2.80. The summed E-state index contributed by atoms with van der Waals surface area (Å²) in [4.78, 5) is 24.2. The first kappa shape index (κ1) is 14.9. The van der Waals surface area contributed by atoms with Crippen LogP contribution in [0.1, 0.15) is 18.2 Å². The van der Waals surface area contributed by atoms with E-state index in [0.717, 1.165) is 5.69 Å². The van der Waals surface area contributed by atoms with Crippen LogP contribution >= 0.6 is 23.2 Å². The number of hydrogen-bond acceptors (Lipinski definition) is 3. The fourth-order valence-electron chi connectivity index (χ4n) is 2.31. The number of benzene rings is 1. The van der Waals surface area contributed by atoms with Crippen molar-refractivity contribution in [2.24, 2.45) is 0 Å². The first-order chi connectivity index (χ1) is 10.4. The van der Waals surface area contributed by atoms with Crippen LogP contribution in [0.5, 0.6) is 0 Å². The van der Waals surface area contributed by atoms with Gasteiger partial charge in [-0.2, -0.15) is 5.10 Å². The summed E-state index contributed by atoms with van der Waals surface area (Å²) < 4.78 is 1.51. The number of nitrogens with zero attached hydrogens (tertiary/aromatic N) is 2. The molecule has 1 aromatic heterocycles. The predicted octanol–water partition coefficient (Wildman–Crippen LogP) is 3.02. The standard InChI is InChI=1S/C14H12Cl2N4O2/c1-7-4-12-18-13(21)6-11(20(12)19-7)14(22)17-10-3-2-8(15)5-9(10)16/h2-5,11H,6H2,1H3,(H,17,22)(H,18,21)/t11-/m0/s1. The van der Waals surface area contributed by atoms with E-state index in [4.69, 9.17) is 23.2 Å². The van der Waals surface area contributed by atoms with Crippen molar-refractivity contribution in [1.29, 1.82) is 0 Å². The van der Waals surface area contributed by atoms with Gasteiger partial charge in [0.05, 0.1) is 22.8 Å². The largest absolute Gasteiger partial charge is 0.323 e. The van der Waals surface area contributed by atoms with Gasteiger partial charge in [0.1, 0.15) is 11.9 Å². The molecule has 2 heterocycles. The van der Waals surface area contributed by atoms with E-state index in [1.807, 2.05) is 0 Å². The molecular formula is C14H12Cl2N4O2. The first-order valence-electron chi connectivity index (χ1n) is 6.56. The molecule has 0 fully saturated rings. The minimum atomic E-state index is -0.718. The lowest BCUT2D eigenvalue weighted by Crippen LogP contribution is -2.35. The van der Waals surface area contributed by atoms with Crippen LogP contribution in [0.3, 0.4) is 0 Å². The van der Waals surface area contributed by atoms with E-state index in [9.17, 15) is 9.59 Å². The van der Waals surface area contributed by atoms with Gasteiger partial charge in [0.25, 0.3) is 0 Å². The molecule has 1 aromatic carbocycles. The topological polar surface area (TPSA) is 76.0 Å². The van der Waals surface area contributed by atoms with Gasteiger partial charge in [-0.05, 0) is 25.1 Å². The zero-order valence-corrected chi connectivity index (χ0v) is 13.1. The molecule has 22 heavy (non-hydrogen) atoms. The van der Waals surface area contributed by atoms with Gasteiger partial charge in [0, 0.05) is 11.1 Å². The third-order valence-electron chi connectivity index (χ3n) is 3.29. The number of aryl methyl sites for hydroxylation is 1. The zero-order chi connectivity index (χ0) is 15.9. The first-order valence-corrected chi connectivity index (χ1v) is 7.31. The van der Waals surface area contributed by atoms with E-state index in [1.165, 1.54) is 10.7 Å². The summed E-state index contributed by atoms with van der Waals surface area (Å²) in [5.74, 6) is -0.0747. The molecule has 114 valence electrons. The third kappa shape index (κ3) is 2.80. The number of aromatic nitrogens is 2. The molecule has 0 radical (unpaired) electrons. The molecule has 2 N–H and O–H groups in total. The molecule has 1 aliphatic heterocycles. The van der Waals surface area contributed by atoms with E-state index >= 15 is 0 Å². The van der Waals surface area contributed by atoms with E-state index < -0.39 is 6.04 Å². The predicted molar refractivity (Wildman–Crippen MR) is 84.3 cm³/mol. The van der Waals surface area contributed by atoms with Gasteiger partial charge in [-0.3, -0.25) is 9.59 Å². The Hall–Kier alpha value is -2.05. The zero-order valence-electron chi connectivity index (χ0n) is 11.6. The van der Waals surface area contributed by atoms with Crippen molar-refractivity contribution in [1.82, 2.24) is 9.78 Å². The Labute approximate surface area is 136 Å². The number of carbonyl (C=O) groups is 2. The molecule has 2 aromatic rings. The Morgan fingerprint density at radius 3 is 2.91 bits per heavy atom. The van der Waals surface area contributed by atoms with Crippen molar-refractivity contribution in [2.45, 2.75) is 19.4 Å². The van der Waals surface area contributed by atoms with E-state index in [2.05, 4.69) is 15.7 Å². The molecule has 0 saturated heterocycles. The molecule has 1 atom stereocenters. The summed E-state index contributed by atoms with van der Waals surface area (Å²) >= 11 is 11.9. The third-order valence-corrected chi connectivity index (χ3v) is 3.84. The van der Waals surface area contributed by atoms with Crippen molar-refractivity contribution in [3.63, 3.8) is 0 Å². The molecule has 6 nitrogen and oxygen atoms in total. The van der Waals surface area contributed by atoms with Gasteiger partial charge in [-0.25, -0.2) is 4.68 Å². The minimum Gasteiger partial charge on any atom is -0.323 e. The maximum absolute atomic E-state index is 12.5. The van der Waals surface area contributed by atoms with Crippen LogP contribution < -0.4 is 10.6 Å². The Kier molecular flexibility index (Phi) is 3.80. The molecular weight excluding hydrogens is 327 g/mol. The lowest BCUT2D eigenvalue weighted by Gasteiger charge is -2.23. The molecule has 0 aliphatic carbocycles. The highest BCUT2D eigenvalue weighted by atomic mass is 35.5. The van der Waals surface area contributed by atoms with Gasteiger partial charge in [0.2, 0.25) is 11.8 Å². The SMILES string of the molecule is Cc1cc2n(n1)[C@H](C(=O)Nc1ccc(Cl)cc1Cl)CC(=O)N2. The van der Waals surface area contributed by atoms with Gasteiger partial charge in [-0.1, -0.05) is 23.2 Å². The van der Waals surface area contributed by atoms with Gasteiger partial charge < -0.3 is 10.6 Å². The monoisotopic (exact) mass is 338 g/mol. The Bertz CT molecular complexity index is 772. The molecule has 3 rings (SSSR count). The number of anilines is 2. The second kappa shape index (κ2) is 5.62. The fraction of sp³-hybridized carbons (Fsp3) is 0.214. The highest BCUT2D eigenvalue weighted by Gasteiger charge is 2.31. The summed E-state index contributed by atoms with van der Waals surface area (Å²) in [7, 11) is 0. The van der Waals surface area contributed by atoms with Crippen molar-refractivity contribution >= 4 is 46.5 Å². The van der Waals surface area contributed by atoms with Crippen LogP contribution in [-0.2, 0) is 9.59 Å². The number of fused-ring (bicyclic) bond motifs is 1. The summed E-state index contributed by atoms with van der Waals surface area (Å²) in [6, 6.07) is 5.77. The minimum absolute atomic E-state index is 0.0190. The van der Waals surface area contributed by atoms with Gasteiger partial charge >= 0.3 is 0 Å².